The molecule has 0 radical (unpaired) electrons. The van der Waals surface area contributed by atoms with Crippen molar-refractivity contribution in [2.45, 2.75) is 11.4 Å². The largest absolute Gasteiger partial charge is 0.364 e. The van der Waals surface area contributed by atoms with Gasteiger partial charge in [-0.1, -0.05) is 42.5 Å². The lowest BCUT2D eigenvalue weighted by Gasteiger charge is -2.43. The van der Waals surface area contributed by atoms with E-state index >= 15 is 0 Å². The van der Waals surface area contributed by atoms with E-state index in [0.29, 0.717) is 17.2 Å². The Balaban J connectivity index is 1.93. The molecule has 1 aliphatic rings. The van der Waals surface area contributed by atoms with Gasteiger partial charge >= 0.3 is 0 Å². The van der Waals surface area contributed by atoms with E-state index in [2.05, 4.69) is 17.0 Å². The third-order valence-corrected chi connectivity index (χ3v) is 5.22. The first kappa shape index (κ1) is 12.5. The molecule has 2 aromatic carbocycles. The molecule has 100 valence electrons. The summed E-state index contributed by atoms with van der Waals surface area (Å²) < 4.78 is 20.2. The number of nitrogens with zero attached hydrogens (tertiary/aromatic N) is 1. The number of anilines is 1. The van der Waals surface area contributed by atoms with Gasteiger partial charge in [0, 0.05) is 13.1 Å². The predicted octanol–water partition coefficient (Wildman–Crippen LogP) is 3.82. The molecule has 1 aliphatic heterocycles. The van der Waals surface area contributed by atoms with Crippen LogP contribution in [-0.2, 0) is 6.54 Å². The van der Waals surface area contributed by atoms with Gasteiger partial charge in [-0.15, -0.1) is 0 Å². The maximum absolute atomic E-state index is 10.1. The van der Waals surface area contributed by atoms with Gasteiger partial charge in [0.15, 0.2) is 0 Å². The molecule has 0 saturated heterocycles. The summed E-state index contributed by atoms with van der Waals surface area (Å²) in [6.45, 7) is 1.47. The van der Waals surface area contributed by atoms with Gasteiger partial charge in [-0.25, -0.2) is 0 Å². The standard InChI is InChI=1S/C15H17NO2S/c17-19(18)11-10-16(12-13-6-2-1-3-7-13)14-8-4-5-9-15(14)19/h1-9,17-18H,10-12H2. The molecule has 0 amide bonds. The molecular formula is C15H17NO2S. The number of hydrogen-bond acceptors (Lipinski definition) is 3. The van der Waals surface area contributed by atoms with Crippen LogP contribution in [0.2, 0.25) is 0 Å². The van der Waals surface area contributed by atoms with Crippen LogP contribution >= 0.6 is 10.6 Å². The van der Waals surface area contributed by atoms with Crippen molar-refractivity contribution in [3.8, 4) is 0 Å². The van der Waals surface area contributed by atoms with Crippen molar-refractivity contribution in [3.05, 3.63) is 60.2 Å². The molecule has 0 aromatic heterocycles. The first-order chi connectivity index (χ1) is 9.17. The first-order valence-electron chi connectivity index (χ1n) is 6.31. The van der Waals surface area contributed by atoms with Gasteiger partial charge in [-0.3, -0.25) is 9.11 Å². The topological polar surface area (TPSA) is 43.7 Å². The summed E-state index contributed by atoms with van der Waals surface area (Å²) in [5.41, 5.74) is 2.17. The van der Waals surface area contributed by atoms with Crippen molar-refractivity contribution in [3.63, 3.8) is 0 Å². The third-order valence-electron chi connectivity index (χ3n) is 3.42. The fourth-order valence-corrected chi connectivity index (χ4v) is 3.95. The van der Waals surface area contributed by atoms with Crippen molar-refractivity contribution in [1.29, 1.82) is 0 Å². The zero-order chi connectivity index (χ0) is 13.3. The van der Waals surface area contributed by atoms with E-state index in [0.717, 1.165) is 12.2 Å². The van der Waals surface area contributed by atoms with Crippen LogP contribution in [0.1, 0.15) is 5.56 Å². The van der Waals surface area contributed by atoms with Gasteiger partial charge < -0.3 is 4.90 Å². The molecule has 0 saturated carbocycles. The van der Waals surface area contributed by atoms with Gasteiger partial charge in [0.05, 0.1) is 16.3 Å². The highest BCUT2D eigenvalue weighted by Crippen LogP contribution is 2.54. The van der Waals surface area contributed by atoms with E-state index < -0.39 is 10.6 Å². The monoisotopic (exact) mass is 275 g/mol. The SMILES string of the molecule is OS1(O)CCN(Cc2ccccc2)c2ccccc21. The Kier molecular flexibility index (Phi) is 3.22. The molecule has 0 spiro atoms. The Morgan fingerprint density at radius 2 is 1.63 bits per heavy atom. The van der Waals surface area contributed by atoms with Gasteiger partial charge in [-0.05, 0) is 17.7 Å². The molecule has 3 rings (SSSR count). The van der Waals surface area contributed by atoms with E-state index in [9.17, 15) is 9.11 Å². The van der Waals surface area contributed by atoms with E-state index in [-0.39, 0.29) is 0 Å². The number of rotatable bonds is 2. The summed E-state index contributed by atoms with van der Waals surface area (Å²) in [4.78, 5) is 2.89. The van der Waals surface area contributed by atoms with Crippen LogP contribution < -0.4 is 4.90 Å². The predicted molar refractivity (Wildman–Crippen MR) is 79.9 cm³/mol. The fraction of sp³-hybridized carbons (Fsp3) is 0.200. The zero-order valence-electron chi connectivity index (χ0n) is 10.6. The number of benzene rings is 2. The van der Waals surface area contributed by atoms with Crippen LogP contribution in [-0.4, -0.2) is 21.4 Å². The lowest BCUT2D eigenvalue weighted by Crippen LogP contribution is -2.33. The maximum Gasteiger partial charge on any atom is 0.0818 e. The van der Waals surface area contributed by atoms with Crippen molar-refractivity contribution >= 4 is 16.3 Å². The molecule has 0 unspecified atom stereocenters. The van der Waals surface area contributed by atoms with Crippen molar-refractivity contribution in [1.82, 2.24) is 0 Å². The van der Waals surface area contributed by atoms with E-state index in [1.807, 2.05) is 42.5 Å². The minimum Gasteiger partial charge on any atom is -0.364 e. The van der Waals surface area contributed by atoms with Crippen molar-refractivity contribution < 1.29 is 9.11 Å². The third kappa shape index (κ3) is 2.47. The van der Waals surface area contributed by atoms with Gasteiger partial charge in [0.25, 0.3) is 0 Å². The van der Waals surface area contributed by atoms with E-state index in [1.54, 1.807) is 0 Å². The molecule has 0 aliphatic carbocycles. The summed E-state index contributed by atoms with van der Waals surface area (Å²) in [5, 5.41) is 0. The summed E-state index contributed by atoms with van der Waals surface area (Å²) in [5.74, 6) is 0.414. The maximum atomic E-state index is 10.1. The average molecular weight is 275 g/mol. The molecule has 0 atom stereocenters. The highest BCUT2D eigenvalue weighted by atomic mass is 32.3. The summed E-state index contributed by atoms with van der Waals surface area (Å²) in [6.07, 6.45) is 0. The molecule has 3 nitrogen and oxygen atoms in total. The Morgan fingerprint density at radius 1 is 0.947 bits per heavy atom. The van der Waals surface area contributed by atoms with Gasteiger partial charge in [0.2, 0.25) is 0 Å². The quantitative estimate of drug-likeness (QED) is 0.875. The fourth-order valence-electron chi connectivity index (χ4n) is 2.43. The van der Waals surface area contributed by atoms with Gasteiger partial charge in [-0.2, -0.15) is 10.6 Å². The van der Waals surface area contributed by atoms with Crippen molar-refractivity contribution in [2.75, 3.05) is 17.2 Å². The number of para-hydroxylation sites is 1. The molecule has 0 bridgehead atoms. The minimum atomic E-state index is -2.61. The zero-order valence-corrected chi connectivity index (χ0v) is 11.4. The molecule has 0 fully saturated rings. The van der Waals surface area contributed by atoms with Gasteiger partial charge in [0.1, 0.15) is 0 Å². The van der Waals surface area contributed by atoms with Crippen LogP contribution in [0.4, 0.5) is 5.69 Å². The van der Waals surface area contributed by atoms with Crippen LogP contribution in [0.25, 0.3) is 0 Å². The molecular weight excluding hydrogens is 258 g/mol. The number of fused-ring (bicyclic) bond motifs is 1. The lowest BCUT2D eigenvalue weighted by molar-refractivity contribution is 0.481. The van der Waals surface area contributed by atoms with Crippen LogP contribution in [0.3, 0.4) is 0 Å². The minimum absolute atomic E-state index is 0.414. The Bertz CT molecular complexity index is 571. The second-order valence-electron chi connectivity index (χ2n) is 4.75. The lowest BCUT2D eigenvalue weighted by atomic mass is 10.2. The normalized spacial score (nSPS) is 18.7. The Morgan fingerprint density at radius 3 is 2.42 bits per heavy atom. The van der Waals surface area contributed by atoms with E-state index in [4.69, 9.17) is 0 Å². The summed E-state index contributed by atoms with van der Waals surface area (Å²) in [7, 11) is -2.61. The number of hydrogen-bond donors (Lipinski definition) is 2. The van der Waals surface area contributed by atoms with Crippen molar-refractivity contribution in [2.24, 2.45) is 0 Å². The van der Waals surface area contributed by atoms with Crippen LogP contribution in [0, 0.1) is 0 Å². The summed E-state index contributed by atoms with van der Waals surface area (Å²) in [6, 6.07) is 17.8. The molecule has 2 N–H and O–H groups in total. The molecule has 4 heteroatoms. The molecule has 2 aromatic rings. The highest BCUT2D eigenvalue weighted by molar-refractivity contribution is 8.24. The van der Waals surface area contributed by atoms with Crippen LogP contribution in [0.15, 0.2) is 59.5 Å². The Hall–Kier alpha value is -1.49. The second kappa shape index (κ2) is 4.89. The van der Waals surface area contributed by atoms with Crippen LogP contribution in [0.5, 0.6) is 0 Å². The summed E-state index contributed by atoms with van der Waals surface area (Å²) >= 11 is 0. The smallest absolute Gasteiger partial charge is 0.0818 e. The average Bonchev–Trinajstić information content (AvgIpc) is 2.44. The molecule has 19 heavy (non-hydrogen) atoms. The molecule has 1 heterocycles. The Labute approximate surface area is 114 Å². The second-order valence-corrected chi connectivity index (χ2v) is 6.93. The highest BCUT2D eigenvalue weighted by Gasteiger charge is 2.28. The first-order valence-corrected chi connectivity index (χ1v) is 8.02. The van der Waals surface area contributed by atoms with E-state index in [1.165, 1.54) is 5.56 Å².